The molecule has 6 heteroatoms. The first kappa shape index (κ1) is 14.4. The zero-order valence-corrected chi connectivity index (χ0v) is 10.7. The van der Waals surface area contributed by atoms with Crippen LogP contribution in [0, 0.1) is 5.82 Å². The number of halogens is 5. The number of hydrogen-bond donors (Lipinski definition) is 1. The van der Waals surface area contributed by atoms with Crippen LogP contribution in [0.1, 0.15) is 24.4 Å². The summed E-state index contributed by atoms with van der Waals surface area (Å²) in [7, 11) is 1.52. The Bertz CT molecular complexity index is 378. The summed E-state index contributed by atoms with van der Waals surface area (Å²) >= 11 is 3.10. The predicted molar refractivity (Wildman–Crippen MR) is 61.2 cm³/mol. The van der Waals surface area contributed by atoms with Gasteiger partial charge in [0.05, 0.1) is 0 Å². The van der Waals surface area contributed by atoms with E-state index >= 15 is 0 Å². The molecular formula is C11H12BrF4N. The Morgan fingerprint density at radius 2 is 2.00 bits per heavy atom. The molecule has 0 heterocycles. The van der Waals surface area contributed by atoms with Crippen LogP contribution in [-0.2, 0) is 0 Å². The van der Waals surface area contributed by atoms with Crippen molar-refractivity contribution in [3.05, 3.63) is 34.1 Å². The van der Waals surface area contributed by atoms with Gasteiger partial charge in [-0.1, -0.05) is 22.0 Å². The van der Waals surface area contributed by atoms with Crippen molar-refractivity contribution in [2.75, 3.05) is 7.05 Å². The smallest absolute Gasteiger partial charge is 0.313 e. The first-order chi connectivity index (χ1) is 7.83. The van der Waals surface area contributed by atoms with Crippen LogP contribution >= 0.6 is 15.9 Å². The molecule has 0 fully saturated rings. The van der Waals surface area contributed by atoms with Crippen LogP contribution in [0.3, 0.4) is 0 Å². The Balaban J connectivity index is 2.79. The largest absolute Gasteiger partial charge is 0.389 e. The monoisotopic (exact) mass is 313 g/mol. The normalized spacial score (nSPS) is 13.8. The zero-order valence-electron chi connectivity index (χ0n) is 9.11. The van der Waals surface area contributed by atoms with Gasteiger partial charge in [-0.15, -0.1) is 0 Å². The first-order valence-electron chi connectivity index (χ1n) is 5.02. The van der Waals surface area contributed by atoms with E-state index in [0.29, 0.717) is 4.47 Å². The second-order valence-corrected chi connectivity index (χ2v) is 4.58. The molecule has 0 amide bonds. The lowest BCUT2D eigenvalue weighted by Gasteiger charge is -2.18. The fraction of sp³-hybridized carbons (Fsp3) is 0.455. The van der Waals surface area contributed by atoms with Crippen molar-refractivity contribution >= 4 is 15.9 Å². The second-order valence-electron chi connectivity index (χ2n) is 3.66. The molecule has 1 aromatic rings. The van der Waals surface area contributed by atoms with E-state index in [1.54, 1.807) is 6.07 Å². The zero-order chi connectivity index (χ0) is 13.1. The number of nitrogens with one attached hydrogen (secondary N) is 1. The van der Waals surface area contributed by atoms with Gasteiger partial charge in [0.25, 0.3) is 0 Å². The Kier molecular flexibility index (Phi) is 4.94. The van der Waals surface area contributed by atoms with E-state index in [4.69, 9.17) is 0 Å². The van der Waals surface area contributed by atoms with E-state index in [1.807, 2.05) is 0 Å². The molecule has 0 saturated heterocycles. The minimum absolute atomic E-state index is 0.182. The average molecular weight is 314 g/mol. The molecule has 1 unspecified atom stereocenters. The van der Waals surface area contributed by atoms with Crippen molar-refractivity contribution in [2.24, 2.45) is 0 Å². The van der Waals surface area contributed by atoms with E-state index in [-0.39, 0.29) is 12.0 Å². The average Bonchev–Trinajstić information content (AvgIpc) is 2.19. The van der Waals surface area contributed by atoms with E-state index in [0.717, 1.165) is 0 Å². The van der Waals surface area contributed by atoms with Gasteiger partial charge >= 0.3 is 6.18 Å². The lowest BCUT2D eigenvalue weighted by molar-refractivity contribution is -0.136. The van der Waals surface area contributed by atoms with Crippen LogP contribution in [0.25, 0.3) is 0 Å². The minimum Gasteiger partial charge on any atom is -0.313 e. The van der Waals surface area contributed by atoms with Crippen molar-refractivity contribution in [2.45, 2.75) is 25.1 Å². The van der Waals surface area contributed by atoms with Gasteiger partial charge < -0.3 is 5.32 Å². The molecule has 0 bridgehead atoms. The summed E-state index contributed by atoms with van der Waals surface area (Å²) in [4.78, 5) is 0. The maximum Gasteiger partial charge on any atom is 0.389 e. The highest BCUT2D eigenvalue weighted by atomic mass is 79.9. The van der Waals surface area contributed by atoms with Gasteiger partial charge in [0, 0.05) is 22.5 Å². The summed E-state index contributed by atoms with van der Waals surface area (Å²) in [5.41, 5.74) is 0.250. The highest BCUT2D eigenvalue weighted by molar-refractivity contribution is 9.10. The predicted octanol–water partition coefficient (Wildman–Crippen LogP) is 4.19. The standard InChI is InChI=1S/C11H12BrF4N/c1-17-10(4-5-11(14,15)16)8-3-2-7(12)6-9(8)13/h2-3,6,10,17H,4-5H2,1H3. The molecule has 1 atom stereocenters. The van der Waals surface area contributed by atoms with Crippen LogP contribution in [0.2, 0.25) is 0 Å². The quantitative estimate of drug-likeness (QED) is 0.822. The summed E-state index contributed by atoms with van der Waals surface area (Å²) < 4.78 is 50.4. The SMILES string of the molecule is CNC(CCC(F)(F)F)c1ccc(Br)cc1F. The first-order valence-corrected chi connectivity index (χ1v) is 5.82. The fourth-order valence-electron chi connectivity index (χ4n) is 1.55. The molecule has 1 N–H and O–H groups in total. The minimum atomic E-state index is -4.22. The molecule has 0 saturated carbocycles. The molecule has 1 aromatic carbocycles. The lowest BCUT2D eigenvalue weighted by Crippen LogP contribution is -2.20. The van der Waals surface area contributed by atoms with Crippen LogP contribution in [0.15, 0.2) is 22.7 Å². The van der Waals surface area contributed by atoms with Crippen LogP contribution < -0.4 is 5.32 Å². The van der Waals surface area contributed by atoms with Gasteiger partial charge in [-0.2, -0.15) is 13.2 Å². The topological polar surface area (TPSA) is 12.0 Å². The fourth-order valence-corrected chi connectivity index (χ4v) is 1.88. The molecule has 0 spiro atoms. The lowest BCUT2D eigenvalue weighted by atomic mass is 10.0. The van der Waals surface area contributed by atoms with Crippen LogP contribution in [0.4, 0.5) is 17.6 Å². The summed E-state index contributed by atoms with van der Waals surface area (Å²) in [5, 5.41) is 2.70. The van der Waals surface area contributed by atoms with Gasteiger partial charge in [-0.25, -0.2) is 4.39 Å². The van der Waals surface area contributed by atoms with Gasteiger partial charge in [-0.05, 0) is 25.6 Å². The molecule has 0 aliphatic carbocycles. The second kappa shape index (κ2) is 5.82. The Morgan fingerprint density at radius 1 is 1.35 bits per heavy atom. The molecule has 0 radical (unpaired) electrons. The summed E-state index contributed by atoms with van der Waals surface area (Å²) in [5.74, 6) is -0.513. The van der Waals surface area contributed by atoms with Crippen LogP contribution in [0.5, 0.6) is 0 Å². The molecule has 0 aromatic heterocycles. The number of benzene rings is 1. The van der Waals surface area contributed by atoms with Gasteiger partial charge in [-0.3, -0.25) is 0 Å². The third-order valence-corrected chi connectivity index (χ3v) is 2.90. The van der Waals surface area contributed by atoms with Crippen molar-refractivity contribution in [1.29, 1.82) is 0 Å². The molecule has 17 heavy (non-hydrogen) atoms. The summed E-state index contributed by atoms with van der Waals surface area (Å²) in [6.07, 6.45) is -5.34. The molecule has 1 rings (SSSR count). The van der Waals surface area contributed by atoms with Crippen molar-refractivity contribution in [3.8, 4) is 0 Å². The van der Waals surface area contributed by atoms with Crippen molar-refractivity contribution < 1.29 is 17.6 Å². The molecule has 1 nitrogen and oxygen atoms in total. The van der Waals surface area contributed by atoms with E-state index < -0.39 is 24.5 Å². The highest BCUT2D eigenvalue weighted by Gasteiger charge is 2.29. The Morgan fingerprint density at radius 3 is 2.47 bits per heavy atom. The Hall–Kier alpha value is -0.620. The Labute approximate surface area is 105 Å². The van der Waals surface area contributed by atoms with Gasteiger partial charge in [0.2, 0.25) is 0 Å². The van der Waals surface area contributed by atoms with Gasteiger partial charge in [0.1, 0.15) is 5.82 Å². The summed E-state index contributed by atoms with van der Waals surface area (Å²) in [6.45, 7) is 0. The number of alkyl halides is 3. The highest BCUT2D eigenvalue weighted by Crippen LogP contribution is 2.29. The molecule has 96 valence electrons. The van der Waals surface area contributed by atoms with Crippen LogP contribution in [-0.4, -0.2) is 13.2 Å². The maximum atomic E-state index is 13.6. The molecular weight excluding hydrogens is 302 g/mol. The third kappa shape index (κ3) is 4.63. The third-order valence-electron chi connectivity index (χ3n) is 2.40. The van der Waals surface area contributed by atoms with Crippen molar-refractivity contribution in [3.63, 3.8) is 0 Å². The van der Waals surface area contributed by atoms with E-state index in [1.165, 1.54) is 19.2 Å². The molecule has 0 aliphatic heterocycles. The van der Waals surface area contributed by atoms with E-state index in [9.17, 15) is 17.6 Å². The molecule has 0 aliphatic rings. The number of hydrogen-bond acceptors (Lipinski definition) is 1. The van der Waals surface area contributed by atoms with Crippen molar-refractivity contribution in [1.82, 2.24) is 5.32 Å². The summed E-state index contributed by atoms with van der Waals surface area (Å²) in [6, 6.07) is 3.70. The van der Waals surface area contributed by atoms with E-state index in [2.05, 4.69) is 21.2 Å². The van der Waals surface area contributed by atoms with Gasteiger partial charge in [0.15, 0.2) is 0 Å². The maximum absolute atomic E-state index is 13.6. The number of rotatable bonds is 4.